The Morgan fingerprint density at radius 3 is 3.05 bits per heavy atom. The van der Waals surface area contributed by atoms with Gasteiger partial charge in [0.05, 0.1) is 18.4 Å². The Morgan fingerprint density at radius 1 is 1.40 bits per heavy atom. The Labute approximate surface area is 120 Å². The molecule has 0 aliphatic rings. The maximum atomic E-state index is 4.13. The minimum atomic E-state index is 0.293. The van der Waals surface area contributed by atoms with Crippen molar-refractivity contribution in [3.63, 3.8) is 0 Å². The molecule has 0 saturated heterocycles. The zero-order valence-electron chi connectivity index (χ0n) is 11.3. The van der Waals surface area contributed by atoms with Crippen molar-refractivity contribution < 1.29 is 0 Å². The molecule has 1 N–H and O–H groups in total. The van der Waals surface area contributed by atoms with Crippen LogP contribution in [0, 0.1) is 0 Å². The highest BCUT2D eigenvalue weighted by Gasteiger charge is 2.15. The number of rotatable bonds is 5. The second-order valence-electron chi connectivity index (χ2n) is 4.62. The topological polar surface area (TPSA) is 71.2 Å². The summed E-state index contributed by atoms with van der Waals surface area (Å²) in [5, 5.41) is 16.9. The summed E-state index contributed by atoms with van der Waals surface area (Å²) in [6, 6.07) is 4.51. The van der Waals surface area contributed by atoms with Gasteiger partial charge in [0, 0.05) is 11.4 Å². The number of hydrogen-bond acceptors (Lipinski definition) is 7. The van der Waals surface area contributed by atoms with E-state index in [-0.39, 0.29) is 0 Å². The molecule has 0 aromatic carbocycles. The lowest BCUT2D eigenvalue weighted by Gasteiger charge is -2.23. The van der Waals surface area contributed by atoms with Crippen LogP contribution in [0.2, 0.25) is 0 Å². The molecular formula is C12H15N7S. The second kappa shape index (κ2) is 5.51. The molecule has 3 aromatic rings. The molecular weight excluding hydrogens is 274 g/mol. The molecule has 0 radical (unpaired) electrons. The molecule has 0 spiro atoms. The van der Waals surface area contributed by atoms with Crippen LogP contribution in [0.3, 0.4) is 0 Å². The predicted molar refractivity (Wildman–Crippen MR) is 77.8 cm³/mol. The number of aromatic nitrogens is 5. The summed E-state index contributed by atoms with van der Waals surface area (Å²) in [5.74, 6) is 0.788. The van der Waals surface area contributed by atoms with Crippen molar-refractivity contribution in [3.05, 3.63) is 34.8 Å². The number of hydrogen-bond donors (Lipinski definition) is 1. The first-order valence-electron chi connectivity index (χ1n) is 6.21. The number of nitrogens with one attached hydrogen (secondary N) is 1. The third kappa shape index (κ3) is 2.47. The molecule has 3 rings (SSSR count). The fourth-order valence-electron chi connectivity index (χ4n) is 2.02. The quantitative estimate of drug-likeness (QED) is 0.763. The molecule has 3 heterocycles. The average molecular weight is 289 g/mol. The Hall–Kier alpha value is -2.06. The first-order chi connectivity index (χ1) is 9.75. The smallest absolute Gasteiger partial charge is 0.199 e. The van der Waals surface area contributed by atoms with Gasteiger partial charge < -0.3 is 10.2 Å². The lowest BCUT2D eigenvalue weighted by Crippen LogP contribution is -2.26. The van der Waals surface area contributed by atoms with Gasteiger partial charge in [0.1, 0.15) is 5.82 Å². The van der Waals surface area contributed by atoms with Crippen molar-refractivity contribution in [2.75, 3.05) is 26.0 Å². The highest BCUT2D eigenvalue weighted by molar-refractivity contribution is 7.10. The number of nitrogens with zero attached hydrogens (tertiary/aromatic N) is 6. The zero-order chi connectivity index (χ0) is 13.9. The van der Waals surface area contributed by atoms with Crippen molar-refractivity contribution in [3.8, 4) is 0 Å². The fourth-order valence-corrected chi connectivity index (χ4v) is 2.94. The summed E-state index contributed by atoms with van der Waals surface area (Å²) < 4.78 is 1.65. The normalized spacial score (nSPS) is 12.9. The van der Waals surface area contributed by atoms with Gasteiger partial charge in [0.2, 0.25) is 0 Å². The Balaban J connectivity index is 1.79. The van der Waals surface area contributed by atoms with E-state index in [9.17, 15) is 0 Å². The van der Waals surface area contributed by atoms with E-state index in [1.54, 1.807) is 28.2 Å². The van der Waals surface area contributed by atoms with Gasteiger partial charge in [0.25, 0.3) is 0 Å². The third-order valence-electron chi connectivity index (χ3n) is 3.08. The van der Waals surface area contributed by atoms with Crippen LogP contribution < -0.4 is 5.32 Å². The Morgan fingerprint density at radius 2 is 2.30 bits per heavy atom. The van der Waals surface area contributed by atoms with Crippen LogP contribution in [0.15, 0.2) is 29.9 Å². The second-order valence-corrected chi connectivity index (χ2v) is 5.60. The van der Waals surface area contributed by atoms with E-state index in [0.29, 0.717) is 11.7 Å². The van der Waals surface area contributed by atoms with Crippen LogP contribution in [0.25, 0.3) is 5.65 Å². The molecule has 0 amide bonds. The van der Waals surface area contributed by atoms with Gasteiger partial charge in [-0.15, -0.1) is 16.4 Å². The molecule has 0 saturated carbocycles. The highest BCUT2D eigenvalue weighted by atomic mass is 32.1. The van der Waals surface area contributed by atoms with Crippen LogP contribution in [-0.4, -0.2) is 50.6 Å². The average Bonchev–Trinajstić information content (AvgIpc) is 3.09. The van der Waals surface area contributed by atoms with Crippen LogP contribution in [0.5, 0.6) is 0 Å². The van der Waals surface area contributed by atoms with Gasteiger partial charge in [-0.05, 0) is 36.0 Å². The maximum Gasteiger partial charge on any atom is 0.199 e. The molecule has 0 aliphatic heterocycles. The lowest BCUT2D eigenvalue weighted by atomic mass is 10.2. The number of fused-ring (bicyclic) bond motifs is 1. The first-order valence-corrected chi connectivity index (χ1v) is 7.09. The molecule has 3 aromatic heterocycles. The summed E-state index contributed by atoms with van der Waals surface area (Å²) in [6.07, 6.45) is 3.36. The van der Waals surface area contributed by atoms with Crippen LogP contribution in [0.4, 0.5) is 5.82 Å². The molecule has 0 bridgehead atoms. The molecule has 104 valence electrons. The molecule has 0 unspecified atom stereocenters. The number of tetrazole rings is 1. The van der Waals surface area contributed by atoms with E-state index < -0.39 is 0 Å². The van der Waals surface area contributed by atoms with Crippen molar-refractivity contribution >= 4 is 22.8 Å². The predicted octanol–water partition coefficient (Wildman–Crippen LogP) is 1.30. The van der Waals surface area contributed by atoms with Crippen molar-refractivity contribution in [2.45, 2.75) is 6.04 Å². The molecule has 20 heavy (non-hydrogen) atoms. The SMILES string of the molecule is CN(C)[C@@H](CNc1cncc2nnnn12)c1cccs1. The van der Waals surface area contributed by atoms with E-state index in [1.165, 1.54) is 4.88 Å². The first kappa shape index (κ1) is 12.9. The Kier molecular flexibility index (Phi) is 3.57. The van der Waals surface area contributed by atoms with E-state index in [0.717, 1.165) is 12.4 Å². The van der Waals surface area contributed by atoms with Crippen molar-refractivity contribution in [1.29, 1.82) is 0 Å². The fraction of sp³-hybridized carbons (Fsp3) is 0.333. The summed E-state index contributed by atoms with van der Waals surface area (Å²) in [7, 11) is 4.14. The summed E-state index contributed by atoms with van der Waals surface area (Å²) >= 11 is 1.76. The van der Waals surface area contributed by atoms with E-state index in [2.05, 4.69) is 62.3 Å². The van der Waals surface area contributed by atoms with Gasteiger partial charge in [-0.2, -0.15) is 4.52 Å². The number of likely N-dealkylation sites (N-methyl/N-ethyl adjacent to an activating group) is 1. The van der Waals surface area contributed by atoms with Gasteiger partial charge in [-0.3, -0.25) is 4.98 Å². The van der Waals surface area contributed by atoms with Gasteiger partial charge >= 0.3 is 0 Å². The monoisotopic (exact) mass is 289 g/mol. The van der Waals surface area contributed by atoms with E-state index in [1.807, 2.05) is 0 Å². The maximum absolute atomic E-state index is 4.13. The molecule has 0 fully saturated rings. The largest absolute Gasteiger partial charge is 0.367 e. The van der Waals surface area contributed by atoms with E-state index >= 15 is 0 Å². The number of thiophene rings is 1. The molecule has 1 atom stereocenters. The van der Waals surface area contributed by atoms with Crippen molar-refractivity contribution in [2.24, 2.45) is 0 Å². The standard InChI is InChI=1S/C12H15N7S/c1-18(2)9(10-4-3-5-20-10)6-14-11-7-13-8-12-15-16-17-19(11)12/h3-5,7-9,14H,6H2,1-2H3/t9-/m0/s1. The summed E-state index contributed by atoms with van der Waals surface area (Å²) in [4.78, 5) is 7.64. The van der Waals surface area contributed by atoms with Crippen LogP contribution in [0.1, 0.15) is 10.9 Å². The molecule has 0 aliphatic carbocycles. The summed E-state index contributed by atoms with van der Waals surface area (Å²) in [5.41, 5.74) is 0.632. The van der Waals surface area contributed by atoms with Gasteiger partial charge in [-0.25, -0.2) is 0 Å². The van der Waals surface area contributed by atoms with Gasteiger partial charge in [0.15, 0.2) is 5.65 Å². The minimum Gasteiger partial charge on any atom is -0.367 e. The van der Waals surface area contributed by atoms with Crippen LogP contribution >= 0.6 is 11.3 Å². The zero-order valence-corrected chi connectivity index (χ0v) is 12.1. The summed E-state index contributed by atoms with van der Waals surface area (Å²) in [6.45, 7) is 0.758. The molecule has 7 nitrogen and oxygen atoms in total. The number of anilines is 1. The van der Waals surface area contributed by atoms with Crippen LogP contribution in [-0.2, 0) is 0 Å². The van der Waals surface area contributed by atoms with E-state index in [4.69, 9.17) is 0 Å². The third-order valence-corrected chi connectivity index (χ3v) is 4.05. The molecule has 8 heteroatoms. The Bertz CT molecular complexity index is 676. The van der Waals surface area contributed by atoms with Gasteiger partial charge in [-0.1, -0.05) is 6.07 Å². The van der Waals surface area contributed by atoms with Crippen molar-refractivity contribution in [1.82, 2.24) is 29.9 Å². The highest BCUT2D eigenvalue weighted by Crippen LogP contribution is 2.23. The lowest BCUT2D eigenvalue weighted by molar-refractivity contribution is 0.316. The minimum absolute atomic E-state index is 0.293.